The van der Waals surface area contributed by atoms with E-state index in [1.165, 1.54) is 5.56 Å². The summed E-state index contributed by atoms with van der Waals surface area (Å²) in [4.78, 5) is 14.2. The van der Waals surface area contributed by atoms with E-state index in [1.54, 1.807) is 0 Å². The van der Waals surface area contributed by atoms with Gasteiger partial charge in [-0.05, 0) is 43.5 Å². The molecule has 1 heterocycles. The Kier molecular flexibility index (Phi) is 6.99. The van der Waals surface area contributed by atoms with E-state index in [1.807, 2.05) is 18.2 Å². The zero-order valence-electron chi connectivity index (χ0n) is 12.0. The number of nitrogens with one attached hydrogen (secondary N) is 1. The van der Waals surface area contributed by atoms with E-state index in [-0.39, 0.29) is 18.3 Å². The van der Waals surface area contributed by atoms with Gasteiger partial charge in [-0.1, -0.05) is 19.1 Å². The average Bonchev–Trinajstić information content (AvgIpc) is 2.86. The lowest BCUT2D eigenvalue weighted by Crippen LogP contribution is -2.40. The van der Waals surface area contributed by atoms with Crippen LogP contribution < -0.4 is 11.1 Å². The maximum atomic E-state index is 12.0. The molecule has 112 valence electrons. The molecule has 0 radical (unpaired) electrons. The van der Waals surface area contributed by atoms with Crippen LogP contribution in [0, 0.1) is 0 Å². The summed E-state index contributed by atoms with van der Waals surface area (Å²) in [7, 11) is 0. The molecular formula is C15H24ClN3O. The SMILES string of the molecule is CCc1cccc(NC(=O)CN2CCCC2CN)c1.Cl. The lowest BCUT2D eigenvalue weighted by molar-refractivity contribution is -0.117. The van der Waals surface area contributed by atoms with Crippen molar-refractivity contribution in [1.29, 1.82) is 0 Å². The predicted molar refractivity (Wildman–Crippen MR) is 85.3 cm³/mol. The normalized spacial score (nSPS) is 18.6. The molecule has 0 spiro atoms. The molecule has 2 rings (SSSR count). The van der Waals surface area contributed by atoms with Crippen molar-refractivity contribution in [2.75, 3.05) is 25.0 Å². The number of hydrogen-bond acceptors (Lipinski definition) is 3. The van der Waals surface area contributed by atoms with Gasteiger partial charge in [0.25, 0.3) is 0 Å². The summed E-state index contributed by atoms with van der Waals surface area (Å²) >= 11 is 0. The van der Waals surface area contributed by atoms with Gasteiger partial charge in [0.1, 0.15) is 0 Å². The van der Waals surface area contributed by atoms with Crippen LogP contribution in [0.2, 0.25) is 0 Å². The Morgan fingerprint density at radius 3 is 3.00 bits per heavy atom. The highest BCUT2D eigenvalue weighted by Gasteiger charge is 2.24. The molecule has 0 aromatic heterocycles. The molecular weight excluding hydrogens is 274 g/mol. The Morgan fingerprint density at radius 1 is 1.50 bits per heavy atom. The van der Waals surface area contributed by atoms with E-state index in [0.29, 0.717) is 19.1 Å². The molecule has 1 aromatic rings. The van der Waals surface area contributed by atoms with Crippen molar-refractivity contribution >= 4 is 24.0 Å². The van der Waals surface area contributed by atoms with Crippen LogP contribution in [0.4, 0.5) is 5.69 Å². The first kappa shape index (κ1) is 17.0. The first-order valence-corrected chi connectivity index (χ1v) is 7.06. The summed E-state index contributed by atoms with van der Waals surface area (Å²) in [6, 6.07) is 8.38. The van der Waals surface area contributed by atoms with Gasteiger partial charge in [0, 0.05) is 18.3 Å². The summed E-state index contributed by atoms with van der Waals surface area (Å²) in [6.07, 6.45) is 3.22. The number of hydrogen-bond donors (Lipinski definition) is 2. The third kappa shape index (κ3) is 4.47. The molecule has 3 N–H and O–H groups in total. The molecule has 20 heavy (non-hydrogen) atoms. The Bertz CT molecular complexity index is 439. The maximum Gasteiger partial charge on any atom is 0.238 e. The molecule has 1 amide bonds. The molecule has 0 aliphatic carbocycles. The van der Waals surface area contributed by atoms with Crippen LogP contribution in [0.25, 0.3) is 0 Å². The largest absolute Gasteiger partial charge is 0.329 e. The van der Waals surface area contributed by atoms with Crippen molar-refractivity contribution in [3.05, 3.63) is 29.8 Å². The second kappa shape index (κ2) is 8.25. The van der Waals surface area contributed by atoms with Gasteiger partial charge in [0.2, 0.25) is 5.91 Å². The number of aryl methyl sites for hydroxylation is 1. The second-order valence-electron chi connectivity index (χ2n) is 5.10. The fourth-order valence-electron chi connectivity index (χ4n) is 2.62. The number of anilines is 1. The maximum absolute atomic E-state index is 12.0. The van der Waals surface area contributed by atoms with E-state index in [4.69, 9.17) is 5.73 Å². The number of rotatable bonds is 5. The second-order valence-corrected chi connectivity index (χ2v) is 5.10. The van der Waals surface area contributed by atoms with Gasteiger partial charge < -0.3 is 11.1 Å². The molecule has 0 bridgehead atoms. The zero-order chi connectivity index (χ0) is 13.7. The molecule has 0 saturated carbocycles. The number of carbonyl (C=O) groups excluding carboxylic acids is 1. The third-order valence-corrected chi connectivity index (χ3v) is 3.74. The molecule has 1 aliphatic rings. The highest BCUT2D eigenvalue weighted by atomic mass is 35.5. The van der Waals surface area contributed by atoms with E-state index < -0.39 is 0 Å². The zero-order valence-corrected chi connectivity index (χ0v) is 12.8. The summed E-state index contributed by atoms with van der Waals surface area (Å²) < 4.78 is 0. The summed E-state index contributed by atoms with van der Waals surface area (Å²) in [6.45, 7) is 4.16. The van der Waals surface area contributed by atoms with E-state index in [0.717, 1.165) is 31.5 Å². The standard InChI is InChI=1S/C15H23N3O.ClH/c1-2-12-5-3-6-13(9-12)17-15(19)11-18-8-4-7-14(18)10-16;/h3,5-6,9,14H,2,4,7-8,10-11,16H2,1H3,(H,17,19);1H. The minimum Gasteiger partial charge on any atom is -0.329 e. The molecule has 1 atom stereocenters. The molecule has 1 aromatic carbocycles. The van der Waals surface area contributed by atoms with Crippen molar-refractivity contribution in [2.24, 2.45) is 5.73 Å². The van der Waals surface area contributed by atoms with Gasteiger partial charge in [0.15, 0.2) is 0 Å². The Morgan fingerprint density at radius 2 is 2.30 bits per heavy atom. The fourth-order valence-corrected chi connectivity index (χ4v) is 2.62. The van der Waals surface area contributed by atoms with Crippen LogP contribution >= 0.6 is 12.4 Å². The van der Waals surface area contributed by atoms with Crippen LogP contribution in [0.3, 0.4) is 0 Å². The highest BCUT2D eigenvalue weighted by Crippen LogP contribution is 2.16. The molecule has 4 nitrogen and oxygen atoms in total. The number of benzene rings is 1. The minimum atomic E-state index is 0. The molecule has 5 heteroatoms. The number of nitrogens with two attached hydrogens (primary N) is 1. The number of carbonyl (C=O) groups is 1. The quantitative estimate of drug-likeness (QED) is 0.874. The van der Waals surface area contributed by atoms with Crippen molar-refractivity contribution in [3.8, 4) is 0 Å². The summed E-state index contributed by atoms with van der Waals surface area (Å²) in [5, 5.41) is 2.97. The van der Waals surface area contributed by atoms with Crippen LogP contribution in [0.1, 0.15) is 25.3 Å². The van der Waals surface area contributed by atoms with Gasteiger partial charge in [0.05, 0.1) is 6.54 Å². The van der Waals surface area contributed by atoms with Crippen LogP contribution in [-0.2, 0) is 11.2 Å². The Balaban J connectivity index is 0.00000200. The van der Waals surface area contributed by atoms with E-state index >= 15 is 0 Å². The lowest BCUT2D eigenvalue weighted by atomic mass is 10.1. The lowest BCUT2D eigenvalue weighted by Gasteiger charge is -2.22. The van der Waals surface area contributed by atoms with Crippen molar-refractivity contribution in [3.63, 3.8) is 0 Å². The Hall–Kier alpha value is -1.10. The first-order valence-electron chi connectivity index (χ1n) is 7.06. The van der Waals surface area contributed by atoms with E-state index in [2.05, 4.69) is 23.2 Å². The van der Waals surface area contributed by atoms with Crippen molar-refractivity contribution < 1.29 is 4.79 Å². The minimum absolute atomic E-state index is 0. The van der Waals surface area contributed by atoms with Crippen LogP contribution in [0.15, 0.2) is 24.3 Å². The summed E-state index contributed by atoms with van der Waals surface area (Å²) in [5.41, 5.74) is 7.83. The predicted octanol–water partition coefficient (Wildman–Crippen LogP) is 2.03. The van der Waals surface area contributed by atoms with Crippen LogP contribution in [0.5, 0.6) is 0 Å². The molecule has 1 saturated heterocycles. The molecule has 1 fully saturated rings. The number of nitrogens with zero attached hydrogens (tertiary/aromatic N) is 1. The average molecular weight is 298 g/mol. The Labute approximate surface area is 127 Å². The topological polar surface area (TPSA) is 58.4 Å². The molecule has 1 aliphatic heterocycles. The van der Waals surface area contributed by atoms with Crippen LogP contribution in [-0.4, -0.2) is 36.5 Å². The van der Waals surface area contributed by atoms with Gasteiger partial charge in [-0.2, -0.15) is 0 Å². The smallest absolute Gasteiger partial charge is 0.238 e. The fraction of sp³-hybridized carbons (Fsp3) is 0.533. The van der Waals surface area contributed by atoms with Gasteiger partial charge in [-0.25, -0.2) is 0 Å². The van der Waals surface area contributed by atoms with Crippen molar-refractivity contribution in [1.82, 2.24) is 4.90 Å². The summed E-state index contributed by atoms with van der Waals surface area (Å²) in [5.74, 6) is 0.0496. The van der Waals surface area contributed by atoms with Gasteiger partial charge in [-0.15, -0.1) is 12.4 Å². The van der Waals surface area contributed by atoms with Gasteiger partial charge >= 0.3 is 0 Å². The van der Waals surface area contributed by atoms with Crippen molar-refractivity contribution in [2.45, 2.75) is 32.2 Å². The monoisotopic (exact) mass is 297 g/mol. The number of halogens is 1. The van der Waals surface area contributed by atoms with E-state index in [9.17, 15) is 4.79 Å². The first-order chi connectivity index (χ1) is 9.22. The number of amides is 1. The molecule has 1 unspecified atom stereocenters. The number of likely N-dealkylation sites (tertiary alicyclic amines) is 1. The highest BCUT2D eigenvalue weighted by molar-refractivity contribution is 5.92. The third-order valence-electron chi connectivity index (χ3n) is 3.74. The van der Waals surface area contributed by atoms with Gasteiger partial charge in [-0.3, -0.25) is 9.69 Å².